The van der Waals surface area contributed by atoms with Gasteiger partial charge in [-0.1, -0.05) is 0 Å². The number of unbranched alkanes of at least 4 members (excludes halogenated alkanes) is 1. The number of rotatable bonds is 8. The van der Waals surface area contributed by atoms with Crippen LogP contribution in [0.25, 0.3) is 11.2 Å². The molecule has 1 aliphatic rings. The van der Waals surface area contributed by atoms with Crippen molar-refractivity contribution in [3.63, 3.8) is 0 Å². The third kappa shape index (κ3) is 4.01. The molecule has 1 saturated heterocycles. The van der Waals surface area contributed by atoms with E-state index >= 15 is 0 Å². The average Bonchev–Trinajstić information content (AvgIpc) is 3.27. The van der Waals surface area contributed by atoms with Crippen LogP contribution in [0.4, 0.5) is 0 Å². The van der Waals surface area contributed by atoms with Crippen molar-refractivity contribution in [3.8, 4) is 0 Å². The van der Waals surface area contributed by atoms with Crippen LogP contribution >= 0.6 is 0 Å². The predicted molar refractivity (Wildman–Crippen MR) is 93.7 cm³/mol. The van der Waals surface area contributed by atoms with Crippen LogP contribution in [-0.4, -0.2) is 42.1 Å². The molecule has 138 valence electrons. The summed E-state index contributed by atoms with van der Waals surface area (Å²) in [6.07, 6.45) is 4.76. The zero-order valence-electron chi connectivity index (χ0n) is 15.1. The fourth-order valence-electron chi connectivity index (χ4n) is 3.03. The Kier molecular flexibility index (Phi) is 4.83. The summed E-state index contributed by atoms with van der Waals surface area (Å²) in [5.41, 5.74) is -0.500. The molecule has 0 aliphatic carbocycles. The molecule has 2 aromatic heterocycles. The van der Waals surface area contributed by atoms with Gasteiger partial charge in [0.05, 0.1) is 24.6 Å². The molecule has 1 atom stereocenters. The van der Waals surface area contributed by atoms with Crippen LogP contribution in [-0.2, 0) is 24.9 Å². The van der Waals surface area contributed by atoms with Crippen LogP contribution in [0.1, 0.15) is 39.5 Å². The number of hydrogen-bond donors (Lipinski definition) is 1. The lowest BCUT2D eigenvalue weighted by Gasteiger charge is -2.16. The number of aliphatic hydroxyl groups is 1. The standard InChI is InChI=1S/C17H26N4O4/c1-17(2,24)7-4-5-8-21-15(22)13-14(19(3)16(21)23)18-11-20(13)9-6-12-10-25-12/h11-12,24H,4-10H2,1-3H3. The summed E-state index contributed by atoms with van der Waals surface area (Å²) in [4.78, 5) is 29.6. The van der Waals surface area contributed by atoms with Crippen molar-refractivity contribution >= 4 is 11.2 Å². The molecule has 8 nitrogen and oxygen atoms in total. The lowest BCUT2D eigenvalue weighted by Crippen LogP contribution is -2.39. The van der Waals surface area contributed by atoms with Gasteiger partial charge < -0.3 is 14.4 Å². The first kappa shape index (κ1) is 17.9. The topological polar surface area (TPSA) is 94.6 Å². The molecule has 3 rings (SSSR count). The van der Waals surface area contributed by atoms with E-state index in [1.54, 1.807) is 27.2 Å². The molecule has 0 saturated carbocycles. The Morgan fingerprint density at radius 2 is 2.04 bits per heavy atom. The molecule has 1 N–H and O–H groups in total. The van der Waals surface area contributed by atoms with Crippen molar-refractivity contribution in [2.24, 2.45) is 7.05 Å². The maximum Gasteiger partial charge on any atom is 0.332 e. The van der Waals surface area contributed by atoms with E-state index in [0.29, 0.717) is 37.1 Å². The SMILES string of the molecule is Cn1c(=O)n(CCCCC(C)(C)O)c(=O)c2c1ncn2CCC1CO1. The van der Waals surface area contributed by atoms with Gasteiger partial charge in [-0.3, -0.25) is 13.9 Å². The smallest absolute Gasteiger partial charge is 0.332 e. The highest BCUT2D eigenvalue weighted by molar-refractivity contribution is 5.69. The van der Waals surface area contributed by atoms with Crippen LogP contribution in [0.15, 0.2) is 15.9 Å². The van der Waals surface area contributed by atoms with E-state index in [4.69, 9.17) is 4.74 Å². The Balaban J connectivity index is 1.85. The largest absolute Gasteiger partial charge is 0.390 e. The lowest BCUT2D eigenvalue weighted by molar-refractivity contribution is 0.0678. The Labute approximate surface area is 145 Å². The molecule has 1 unspecified atom stereocenters. The first-order valence-corrected chi connectivity index (χ1v) is 8.76. The van der Waals surface area contributed by atoms with Gasteiger partial charge in [0.2, 0.25) is 0 Å². The Morgan fingerprint density at radius 1 is 1.32 bits per heavy atom. The molecular formula is C17H26N4O4. The van der Waals surface area contributed by atoms with Gasteiger partial charge in [0.1, 0.15) is 0 Å². The molecule has 2 aromatic rings. The van der Waals surface area contributed by atoms with Crippen molar-refractivity contribution in [1.82, 2.24) is 18.7 Å². The van der Waals surface area contributed by atoms with Crippen LogP contribution in [0, 0.1) is 0 Å². The molecule has 0 radical (unpaired) electrons. The molecule has 0 aromatic carbocycles. The third-order valence-corrected chi connectivity index (χ3v) is 4.62. The van der Waals surface area contributed by atoms with Gasteiger partial charge in [0, 0.05) is 20.1 Å². The van der Waals surface area contributed by atoms with E-state index < -0.39 is 5.60 Å². The highest BCUT2D eigenvalue weighted by atomic mass is 16.6. The summed E-state index contributed by atoms with van der Waals surface area (Å²) < 4.78 is 9.73. The van der Waals surface area contributed by atoms with E-state index in [1.165, 1.54) is 9.13 Å². The summed E-state index contributed by atoms with van der Waals surface area (Å²) in [6, 6.07) is 0. The van der Waals surface area contributed by atoms with Crippen LogP contribution in [0.3, 0.4) is 0 Å². The monoisotopic (exact) mass is 350 g/mol. The maximum absolute atomic E-state index is 12.8. The summed E-state index contributed by atoms with van der Waals surface area (Å²) >= 11 is 0. The number of nitrogens with zero attached hydrogens (tertiary/aromatic N) is 4. The number of hydrogen-bond acceptors (Lipinski definition) is 5. The summed E-state index contributed by atoms with van der Waals surface area (Å²) in [6.45, 7) is 5.27. The Bertz CT molecular complexity index is 868. The number of epoxide rings is 1. The molecular weight excluding hydrogens is 324 g/mol. The van der Waals surface area contributed by atoms with Gasteiger partial charge >= 0.3 is 5.69 Å². The Morgan fingerprint density at radius 3 is 2.68 bits per heavy atom. The average molecular weight is 350 g/mol. The summed E-state index contributed by atoms with van der Waals surface area (Å²) in [7, 11) is 1.64. The second kappa shape index (κ2) is 6.76. The minimum atomic E-state index is -0.733. The summed E-state index contributed by atoms with van der Waals surface area (Å²) in [5, 5.41) is 9.77. The van der Waals surface area contributed by atoms with E-state index in [2.05, 4.69) is 4.98 Å². The molecule has 0 bridgehead atoms. The van der Waals surface area contributed by atoms with Crippen molar-refractivity contribution in [2.75, 3.05) is 6.61 Å². The van der Waals surface area contributed by atoms with E-state index in [-0.39, 0.29) is 17.4 Å². The highest BCUT2D eigenvalue weighted by Gasteiger charge is 2.23. The molecule has 1 aliphatic heterocycles. The van der Waals surface area contributed by atoms with E-state index in [0.717, 1.165) is 19.4 Å². The van der Waals surface area contributed by atoms with Crippen LogP contribution in [0.5, 0.6) is 0 Å². The number of aromatic nitrogens is 4. The minimum absolute atomic E-state index is 0.272. The molecule has 1 fully saturated rings. The molecule has 8 heteroatoms. The molecule has 25 heavy (non-hydrogen) atoms. The van der Waals surface area contributed by atoms with E-state index in [1.807, 2.05) is 4.57 Å². The van der Waals surface area contributed by atoms with Crippen LogP contribution < -0.4 is 11.2 Å². The Hall–Kier alpha value is -1.93. The predicted octanol–water partition coefficient (Wildman–Crippen LogP) is 0.627. The van der Waals surface area contributed by atoms with Crippen molar-refractivity contribution in [1.29, 1.82) is 0 Å². The zero-order valence-corrected chi connectivity index (χ0v) is 15.1. The number of imidazole rings is 1. The third-order valence-electron chi connectivity index (χ3n) is 4.62. The maximum atomic E-state index is 12.8. The first-order chi connectivity index (χ1) is 11.8. The quantitative estimate of drug-likeness (QED) is 0.556. The van der Waals surface area contributed by atoms with Crippen molar-refractivity contribution < 1.29 is 9.84 Å². The first-order valence-electron chi connectivity index (χ1n) is 8.76. The summed E-state index contributed by atoms with van der Waals surface area (Å²) in [5.74, 6) is 0. The minimum Gasteiger partial charge on any atom is -0.390 e. The number of fused-ring (bicyclic) bond motifs is 1. The number of ether oxygens (including phenoxy) is 1. The zero-order chi connectivity index (χ0) is 18.2. The van der Waals surface area contributed by atoms with E-state index in [9.17, 15) is 14.7 Å². The molecule has 3 heterocycles. The number of aryl methyl sites for hydroxylation is 2. The van der Waals surface area contributed by atoms with Crippen LogP contribution in [0.2, 0.25) is 0 Å². The van der Waals surface area contributed by atoms with Crippen molar-refractivity contribution in [2.45, 2.75) is 64.3 Å². The fraction of sp³-hybridized carbons (Fsp3) is 0.706. The van der Waals surface area contributed by atoms with Crippen molar-refractivity contribution in [3.05, 3.63) is 27.2 Å². The van der Waals surface area contributed by atoms with Gasteiger partial charge in [-0.05, 0) is 39.5 Å². The molecule has 0 spiro atoms. The highest BCUT2D eigenvalue weighted by Crippen LogP contribution is 2.16. The van der Waals surface area contributed by atoms with Gasteiger partial charge in [0.15, 0.2) is 11.2 Å². The van der Waals surface area contributed by atoms with Gasteiger partial charge in [-0.2, -0.15) is 0 Å². The second-order valence-corrected chi connectivity index (χ2v) is 7.42. The lowest BCUT2D eigenvalue weighted by atomic mass is 10.0. The normalized spacial score (nSPS) is 17.4. The second-order valence-electron chi connectivity index (χ2n) is 7.42. The van der Waals surface area contributed by atoms with Gasteiger partial charge in [0.25, 0.3) is 5.56 Å². The van der Waals surface area contributed by atoms with Gasteiger partial charge in [-0.25, -0.2) is 9.78 Å². The van der Waals surface area contributed by atoms with Gasteiger partial charge in [-0.15, -0.1) is 0 Å². The fourth-order valence-corrected chi connectivity index (χ4v) is 3.03. The molecule has 0 amide bonds.